The van der Waals surface area contributed by atoms with E-state index in [1.54, 1.807) is 37.6 Å². The standard InChI is InChI=1S/C19H26N2O4S/c1-15-9-11-21(12-10-15)18(19-4-3-13-25-19)14-20-26(22,23)17-7-5-16(24-2)6-8-17/h3-8,13,15,18,20H,9-12,14H2,1-2H3. The van der Waals surface area contributed by atoms with Crippen molar-refractivity contribution in [1.29, 1.82) is 0 Å². The third-order valence-electron chi connectivity index (χ3n) is 4.97. The Morgan fingerprint density at radius 2 is 1.92 bits per heavy atom. The van der Waals surface area contributed by atoms with Gasteiger partial charge in [-0.1, -0.05) is 6.92 Å². The molecule has 1 aliphatic heterocycles. The molecule has 1 atom stereocenters. The van der Waals surface area contributed by atoms with Crippen LogP contribution < -0.4 is 9.46 Å². The van der Waals surface area contributed by atoms with Crippen LogP contribution in [-0.4, -0.2) is 40.1 Å². The number of sulfonamides is 1. The average Bonchev–Trinajstić information content (AvgIpc) is 3.18. The van der Waals surface area contributed by atoms with Crippen LogP contribution in [0.3, 0.4) is 0 Å². The maximum absolute atomic E-state index is 12.6. The first kappa shape index (κ1) is 18.9. The minimum Gasteiger partial charge on any atom is -0.497 e. The molecule has 1 N–H and O–H groups in total. The third kappa shape index (κ3) is 4.47. The van der Waals surface area contributed by atoms with E-state index in [9.17, 15) is 8.42 Å². The van der Waals surface area contributed by atoms with E-state index in [-0.39, 0.29) is 17.5 Å². The Bertz CT molecular complexity index is 779. The van der Waals surface area contributed by atoms with Crippen LogP contribution in [0, 0.1) is 5.92 Å². The Morgan fingerprint density at radius 3 is 2.50 bits per heavy atom. The fraction of sp³-hybridized carbons (Fsp3) is 0.474. The molecule has 1 aromatic carbocycles. The number of hydrogen-bond donors (Lipinski definition) is 1. The van der Waals surface area contributed by atoms with E-state index in [1.807, 2.05) is 12.1 Å². The van der Waals surface area contributed by atoms with Crippen LogP contribution in [0.4, 0.5) is 0 Å². The SMILES string of the molecule is COc1ccc(S(=O)(=O)NCC(c2ccco2)N2CCC(C)CC2)cc1. The number of nitrogens with zero attached hydrogens (tertiary/aromatic N) is 1. The number of benzene rings is 1. The fourth-order valence-electron chi connectivity index (χ4n) is 3.26. The second kappa shape index (κ2) is 8.24. The van der Waals surface area contributed by atoms with Crippen molar-refractivity contribution >= 4 is 10.0 Å². The molecular weight excluding hydrogens is 352 g/mol. The van der Waals surface area contributed by atoms with Gasteiger partial charge in [0.25, 0.3) is 0 Å². The van der Waals surface area contributed by atoms with Gasteiger partial charge >= 0.3 is 0 Å². The molecule has 0 aliphatic carbocycles. The highest BCUT2D eigenvalue weighted by atomic mass is 32.2. The molecule has 1 aliphatic rings. The lowest BCUT2D eigenvalue weighted by Crippen LogP contribution is -2.41. The first-order valence-corrected chi connectivity index (χ1v) is 10.4. The highest BCUT2D eigenvalue weighted by Gasteiger charge is 2.28. The number of piperidine rings is 1. The zero-order valence-corrected chi connectivity index (χ0v) is 16.0. The summed E-state index contributed by atoms with van der Waals surface area (Å²) < 4.78 is 38.7. The van der Waals surface area contributed by atoms with E-state index in [0.717, 1.165) is 31.7 Å². The predicted molar refractivity (Wildman–Crippen MR) is 99.6 cm³/mol. The van der Waals surface area contributed by atoms with Gasteiger partial charge in [0.15, 0.2) is 0 Å². The Hall–Kier alpha value is -1.83. The summed E-state index contributed by atoms with van der Waals surface area (Å²) in [5.74, 6) is 2.12. The van der Waals surface area contributed by atoms with Crippen molar-refractivity contribution in [3.8, 4) is 5.75 Å². The zero-order chi connectivity index (χ0) is 18.6. The molecule has 1 saturated heterocycles. The van der Waals surface area contributed by atoms with Gasteiger partial charge in [-0.25, -0.2) is 13.1 Å². The first-order valence-electron chi connectivity index (χ1n) is 8.91. The molecule has 6 nitrogen and oxygen atoms in total. The monoisotopic (exact) mass is 378 g/mol. The highest BCUT2D eigenvalue weighted by Crippen LogP contribution is 2.27. The summed E-state index contributed by atoms with van der Waals surface area (Å²) in [5.41, 5.74) is 0. The number of rotatable bonds is 7. The van der Waals surface area contributed by atoms with Gasteiger partial charge < -0.3 is 9.15 Å². The van der Waals surface area contributed by atoms with Crippen molar-refractivity contribution in [2.45, 2.75) is 30.7 Å². The molecule has 0 spiro atoms. The molecule has 1 fully saturated rings. The van der Waals surface area contributed by atoms with Gasteiger partial charge in [-0.3, -0.25) is 4.90 Å². The number of furan rings is 1. The lowest BCUT2D eigenvalue weighted by Gasteiger charge is -2.35. The molecule has 7 heteroatoms. The molecule has 1 aromatic heterocycles. The van der Waals surface area contributed by atoms with Gasteiger partial charge in [-0.05, 0) is 68.2 Å². The summed E-state index contributed by atoms with van der Waals surface area (Å²) in [6.07, 6.45) is 3.86. The quantitative estimate of drug-likeness (QED) is 0.802. The van der Waals surface area contributed by atoms with E-state index >= 15 is 0 Å². The van der Waals surface area contributed by atoms with Gasteiger partial charge in [0, 0.05) is 6.54 Å². The van der Waals surface area contributed by atoms with Crippen LogP contribution in [0.2, 0.25) is 0 Å². The topological polar surface area (TPSA) is 71.8 Å². The maximum atomic E-state index is 12.6. The molecule has 142 valence electrons. The largest absolute Gasteiger partial charge is 0.497 e. The maximum Gasteiger partial charge on any atom is 0.240 e. The van der Waals surface area contributed by atoms with Crippen LogP contribution in [0.5, 0.6) is 5.75 Å². The minimum atomic E-state index is -3.59. The van der Waals surface area contributed by atoms with E-state index in [2.05, 4.69) is 16.5 Å². The number of nitrogens with one attached hydrogen (secondary N) is 1. The van der Waals surface area contributed by atoms with Crippen molar-refractivity contribution in [2.75, 3.05) is 26.7 Å². The molecular formula is C19H26N2O4S. The Kier molecular flexibility index (Phi) is 6.01. The molecule has 1 unspecified atom stereocenters. The van der Waals surface area contributed by atoms with E-state index in [4.69, 9.17) is 9.15 Å². The summed E-state index contributed by atoms with van der Waals surface area (Å²) in [6.45, 7) is 4.41. The van der Waals surface area contributed by atoms with Crippen molar-refractivity contribution in [3.63, 3.8) is 0 Å². The summed E-state index contributed by atoms with van der Waals surface area (Å²) in [6, 6.07) is 10.0. The molecule has 0 saturated carbocycles. The normalized spacial score (nSPS) is 17.9. The van der Waals surface area contributed by atoms with Crippen molar-refractivity contribution in [2.24, 2.45) is 5.92 Å². The number of ether oxygens (including phenoxy) is 1. The van der Waals surface area contributed by atoms with Crippen LogP contribution in [0.15, 0.2) is 52.0 Å². The predicted octanol–water partition coefficient (Wildman–Crippen LogP) is 3.04. The Balaban J connectivity index is 1.72. The molecule has 0 bridgehead atoms. The van der Waals surface area contributed by atoms with Gasteiger partial charge in [0.2, 0.25) is 10.0 Å². The summed E-state index contributed by atoms with van der Waals surface area (Å²) in [5, 5.41) is 0. The van der Waals surface area contributed by atoms with Crippen LogP contribution in [0.1, 0.15) is 31.6 Å². The molecule has 0 amide bonds. The second-order valence-electron chi connectivity index (χ2n) is 6.78. The summed E-state index contributed by atoms with van der Waals surface area (Å²) in [4.78, 5) is 2.53. The smallest absolute Gasteiger partial charge is 0.240 e. The molecule has 2 aromatic rings. The third-order valence-corrected chi connectivity index (χ3v) is 6.41. The van der Waals surface area contributed by atoms with Gasteiger partial charge in [0.05, 0.1) is 24.3 Å². The number of hydrogen-bond acceptors (Lipinski definition) is 5. The van der Waals surface area contributed by atoms with Gasteiger partial charge in [-0.2, -0.15) is 0 Å². The van der Waals surface area contributed by atoms with Gasteiger partial charge in [-0.15, -0.1) is 0 Å². The van der Waals surface area contributed by atoms with E-state index in [0.29, 0.717) is 11.7 Å². The second-order valence-corrected chi connectivity index (χ2v) is 8.54. The molecule has 3 rings (SSSR count). The number of likely N-dealkylation sites (tertiary alicyclic amines) is 1. The van der Waals surface area contributed by atoms with Crippen LogP contribution >= 0.6 is 0 Å². The van der Waals surface area contributed by atoms with Crippen molar-refractivity contribution in [3.05, 3.63) is 48.4 Å². The lowest BCUT2D eigenvalue weighted by atomic mass is 9.97. The molecule has 2 heterocycles. The number of methoxy groups -OCH3 is 1. The average molecular weight is 378 g/mol. The zero-order valence-electron chi connectivity index (χ0n) is 15.2. The first-order chi connectivity index (χ1) is 12.5. The van der Waals surface area contributed by atoms with Crippen molar-refractivity contribution < 1.29 is 17.6 Å². The summed E-state index contributed by atoms with van der Waals surface area (Å²) >= 11 is 0. The van der Waals surface area contributed by atoms with Crippen LogP contribution in [0.25, 0.3) is 0 Å². The van der Waals surface area contributed by atoms with E-state index in [1.165, 1.54) is 0 Å². The lowest BCUT2D eigenvalue weighted by molar-refractivity contribution is 0.125. The van der Waals surface area contributed by atoms with Crippen LogP contribution in [-0.2, 0) is 10.0 Å². The molecule has 26 heavy (non-hydrogen) atoms. The van der Waals surface area contributed by atoms with Gasteiger partial charge in [0.1, 0.15) is 11.5 Å². The van der Waals surface area contributed by atoms with E-state index < -0.39 is 10.0 Å². The highest BCUT2D eigenvalue weighted by molar-refractivity contribution is 7.89. The Morgan fingerprint density at radius 1 is 1.23 bits per heavy atom. The minimum absolute atomic E-state index is 0.106. The Labute approximate surface area is 155 Å². The summed E-state index contributed by atoms with van der Waals surface area (Å²) in [7, 11) is -2.04. The van der Waals surface area contributed by atoms with Crippen molar-refractivity contribution in [1.82, 2.24) is 9.62 Å². The molecule has 0 radical (unpaired) electrons. The fourth-order valence-corrected chi connectivity index (χ4v) is 4.30.